The van der Waals surface area contributed by atoms with Crippen LogP contribution >= 0.6 is 0 Å². The zero-order chi connectivity index (χ0) is 20.1. The average Bonchev–Trinajstić information content (AvgIpc) is 2.98. The second-order valence-electron chi connectivity index (χ2n) is 10.1. The van der Waals surface area contributed by atoms with Crippen LogP contribution in [0.5, 0.6) is 0 Å². The Hall–Kier alpha value is -0.980. The van der Waals surface area contributed by atoms with Crippen molar-refractivity contribution in [3.05, 3.63) is 0 Å². The fraction of sp³-hybridized carbons (Fsp3) is 0.909. The predicted molar refractivity (Wildman–Crippen MR) is 107 cm³/mol. The first-order valence-electron chi connectivity index (χ1n) is 11.1. The molecule has 8 atom stereocenters. The van der Waals surface area contributed by atoms with E-state index in [1.165, 1.54) is 0 Å². The first-order valence-corrected chi connectivity index (χ1v) is 11.1. The predicted octanol–water partition coefficient (Wildman–Crippen LogP) is 2.12. The summed E-state index contributed by atoms with van der Waals surface area (Å²) < 4.78 is 0. The van der Waals surface area contributed by atoms with Gasteiger partial charge in [-0.3, -0.25) is 4.79 Å². The smallest absolute Gasteiger partial charge is 0.139 e. The first kappa shape index (κ1) is 20.3. The molecule has 0 spiro atoms. The van der Waals surface area contributed by atoms with Crippen molar-refractivity contribution in [1.29, 1.82) is 0 Å². The number of hydrogen-bond acceptors (Lipinski definition) is 6. The number of hydrogen-bond donors (Lipinski definition) is 3. The topological polar surface area (TPSA) is 105 Å². The maximum absolute atomic E-state index is 12.6. The molecule has 0 heterocycles. The molecule has 4 rings (SSSR count). The van der Waals surface area contributed by atoms with E-state index in [1.54, 1.807) is 0 Å². The van der Waals surface area contributed by atoms with Gasteiger partial charge in [-0.25, -0.2) is 0 Å². The van der Waals surface area contributed by atoms with Crippen molar-refractivity contribution in [1.82, 2.24) is 0 Å². The van der Waals surface area contributed by atoms with Gasteiger partial charge in [-0.2, -0.15) is 0 Å². The van der Waals surface area contributed by atoms with Gasteiger partial charge in [-0.05, 0) is 67.6 Å². The number of Topliss-reactive ketones (excluding diaryl/α,β-unsaturated/α-hetero) is 1. The maximum atomic E-state index is 12.6. The first-order chi connectivity index (χ1) is 13.4. The molecule has 4 saturated carbocycles. The molecule has 4 N–H and O–H groups in total. The van der Waals surface area contributed by atoms with Crippen molar-refractivity contribution >= 4 is 11.5 Å². The molecule has 158 valence electrons. The normalized spacial score (nSPS) is 49.5. The van der Waals surface area contributed by atoms with Crippen LogP contribution in [0.15, 0.2) is 5.16 Å². The van der Waals surface area contributed by atoms with Crippen LogP contribution in [0.3, 0.4) is 0 Å². The Morgan fingerprint density at radius 2 is 1.96 bits per heavy atom. The fourth-order valence-electron chi connectivity index (χ4n) is 7.53. The highest BCUT2D eigenvalue weighted by Gasteiger charge is 2.64. The van der Waals surface area contributed by atoms with Crippen LogP contribution in [0.25, 0.3) is 0 Å². The average molecular weight is 393 g/mol. The molecule has 0 aromatic heterocycles. The number of carbonyl (C=O) groups excluding carboxylic acids is 1. The molecule has 4 aliphatic rings. The van der Waals surface area contributed by atoms with Gasteiger partial charge in [0.25, 0.3) is 0 Å². The van der Waals surface area contributed by atoms with Gasteiger partial charge in [0.2, 0.25) is 0 Å². The largest absolute Gasteiger partial charge is 0.396 e. The Morgan fingerprint density at radius 3 is 2.68 bits per heavy atom. The molecule has 0 aromatic rings. The summed E-state index contributed by atoms with van der Waals surface area (Å²) in [5, 5.41) is 26.0. The lowest BCUT2D eigenvalue weighted by atomic mass is 9.42. The van der Waals surface area contributed by atoms with E-state index in [9.17, 15) is 15.0 Å². The third-order valence-electron chi connectivity index (χ3n) is 9.11. The lowest BCUT2D eigenvalue weighted by molar-refractivity contribution is -0.188. The van der Waals surface area contributed by atoms with Gasteiger partial charge in [0.15, 0.2) is 0 Å². The van der Waals surface area contributed by atoms with Crippen molar-refractivity contribution < 1.29 is 19.8 Å². The summed E-state index contributed by atoms with van der Waals surface area (Å²) in [7, 11) is 0. The van der Waals surface area contributed by atoms with Crippen molar-refractivity contribution in [3.8, 4) is 0 Å². The number of nitrogens with zero attached hydrogens (tertiary/aromatic N) is 1. The van der Waals surface area contributed by atoms with Crippen molar-refractivity contribution in [2.45, 2.75) is 64.9 Å². The van der Waals surface area contributed by atoms with E-state index in [0.717, 1.165) is 44.2 Å². The van der Waals surface area contributed by atoms with Crippen LogP contribution in [0.1, 0.15) is 58.8 Å². The van der Waals surface area contributed by atoms with E-state index in [1.807, 2.05) is 0 Å². The fourth-order valence-corrected chi connectivity index (χ4v) is 7.53. The number of ketones is 1. The Balaban J connectivity index is 1.64. The second-order valence-corrected chi connectivity index (χ2v) is 10.1. The molecule has 6 heteroatoms. The minimum atomic E-state index is -0.548. The highest BCUT2D eigenvalue weighted by molar-refractivity contribution is 5.87. The van der Waals surface area contributed by atoms with Gasteiger partial charge < -0.3 is 20.8 Å². The molecular weight excluding hydrogens is 356 g/mol. The number of aliphatic hydroxyl groups excluding tert-OH is 2. The lowest BCUT2D eigenvalue weighted by Gasteiger charge is -2.63. The van der Waals surface area contributed by atoms with Crippen LogP contribution in [-0.2, 0) is 9.63 Å². The summed E-state index contributed by atoms with van der Waals surface area (Å²) >= 11 is 0. The maximum Gasteiger partial charge on any atom is 0.139 e. The third kappa shape index (κ3) is 2.86. The molecular formula is C22H36N2O4. The van der Waals surface area contributed by atoms with Crippen LogP contribution in [0, 0.1) is 40.4 Å². The van der Waals surface area contributed by atoms with Crippen molar-refractivity contribution in [3.63, 3.8) is 0 Å². The van der Waals surface area contributed by atoms with Crippen LogP contribution in [0.4, 0.5) is 0 Å². The number of aliphatic hydroxyl groups is 2. The van der Waals surface area contributed by atoms with Gasteiger partial charge >= 0.3 is 0 Å². The summed E-state index contributed by atoms with van der Waals surface area (Å²) in [4.78, 5) is 17.9. The summed E-state index contributed by atoms with van der Waals surface area (Å²) in [5.74, 6) is 1.20. The number of fused-ring (bicyclic) bond motifs is 5. The Bertz CT molecular complexity index is 652. The lowest BCUT2D eigenvalue weighted by Crippen LogP contribution is -2.62. The zero-order valence-electron chi connectivity index (χ0n) is 17.3. The number of oxime groups is 1. The molecule has 0 saturated heterocycles. The third-order valence-corrected chi connectivity index (χ3v) is 9.11. The van der Waals surface area contributed by atoms with Gasteiger partial charge in [0.1, 0.15) is 12.4 Å². The molecule has 28 heavy (non-hydrogen) atoms. The second kappa shape index (κ2) is 7.37. The quantitative estimate of drug-likeness (QED) is 0.502. The van der Waals surface area contributed by atoms with Gasteiger partial charge in [-0.15, -0.1) is 0 Å². The Labute approximate surface area is 167 Å². The molecule has 0 aliphatic heterocycles. The summed E-state index contributed by atoms with van der Waals surface area (Å²) in [5.41, 5.74) is 6.30. The van der Waals surface area contributed by atoms with E-state index in [-0.39, 0.29) is 41.1 Å². The molecule has 0 aromatic carbocycles. The summed E-state index contributed by atoms with van der Waals surface area (Å²) in [6, 6.07) is 0. The molecule has 4 aliphatic carbocycles. The minimum absolute atomic E-state index is 0.0149. The van der Waals surface area contributed by atoms with Crippen LogP contribution in [0.2, 0.25) is 0 Å². The number of carbonyl (C=O) groups is 1. The Kier molecular flexibility index (Phi) is 5.34. The van der Waals surface area contributed by atoms with E-state index >= 15 is 0 Å². The van der Waals surface area contributed by atoms with E-state index in [2.05, 4.69) is 19.0 Å². The van der Waals surface area contributed by atoms with Gasteiger partial charge in [0.05, 0.1) is 11.8 Å². The van der Waals surface area contributed by atoms with Crippen LogP contribution in [-0.4, -0.2) is 47.6 Å². The van der Waals surface area contributed by atoms with Crippen molar-refractivity contribution in [2.24, 2.45) is 51.3 Å². The summed E-state index contributed by atoms with van der Waals surface area (Å²) in [6.45, 7) is 5.33. The van der Waals surface area contributed by atoms with Gasteiger partial charge in [0, 0.05) is 30.9 Å². The Morgan fingerprint density at radius 1 is 1.18 bits per heavy atom. The monoisotopic (exact) mass is 392 g/mol. The van der Waals surface area contributed by atoms with Gasteiger partial charge in [-0.1, -0.05) is 19.0 Å². The number of nitrogens with two attached hydrogens (primary N) is 1. The molecule has 4 unspecified atom stereocenters. The molecule has 4 fully saturated rings. The minimum Gasteiger partial charge on any atom is -0.396 e. The SMILES string of the molecule is C[C@]12CCC(=NOCCN)CC1[C@@H](CO)[C@@H](O)C1C2CC[C@]2(C)C(=O)CCC12. The highest BCUT2D eigenvalue weighted by atomic mass is 16.6. The molecule has 0 bridgehead atoms. The number of rotatable bonds is 4. The highest BCUT2D eigenvalue weighted by Crippen LogP contribution is 2.66. The van der Waals surface area contributed by atoms with E-state index < -0.39 is 6.10 Å². The summed E-state index contributed by atoms with van der Waals surface area (Å²) in [6.07, 6.45) is 5.61. The standard InChI is InChI=1S/C22H36N2O4/c1-21-7-5-13(24-28-10-9-23)11-17(21)14(12-25)20(27)19-15-3-4-18(26)22(15,2)8-6-16(19)21/h14-17,19-20,25,27H,3-12,23H2,1-2H3/t14-,15?,16?,17?,19?,20-,21-,22+/m1/s1. The molecule has 0 radical (unpaired) electrons. The van der Waals surface area contributed by atoms with Crippen molar-refractivity contribution in [2.75, 3.05) is 19.8 Å². The van der Waals surface area contributed by atoms with E-state index in [0.29, 0.717) is 31.3 Å². The zero-order valence-corrected chi connectivity index (χ0v) is 17.3. The molecule has 6 nitrogen and oxygen atoms in total. The molecule has 0 amide bonds. The van der Waals surface area contributed by atoms with Crippen LogP contribution < -0.4 is 5.73 Å². The van der Waals surface area contributed by atoms with E-state index in [4.69, 9.17) is 10.6 Å².